The zero-order chi connectivity index (χ0) is 18.2. The van der Waals surface area contributed by atoms with E-state index in [0.717, 1.165) is 24.2 Å². The van der Waals surface area contributed by atoms with Gasteiger partial charge in [0.1, 0.15) is 12.1 Å². The van der Waals surface area contributed by atoms with Gasteiger partial charge >= 0.3 is 0 Å². The molecule has 8 heteroatoms. The van der Waals surface area contributed by atoms with Gasteiger partial charge in [0.05, 0.1) is 27.2 Å². The zero-order valence-corrected chi connectivity index (χ0v) is 14.8. The van der Waals surface area contributed by atoms with E-state index in [1.54, 1.807) is 0 Å². The van der Waals surface area contributed by atoms with Crippen molar-refractivity contribution in [2.75, 3.05) is 6.54 Å². The van der Waals surface area contributed by atoms with E-state index in [1.165, 1.54) is 12.1 Å². The fourth-order valence-corrected chi connectivity index (χ4v) is 3.62. The topological polar surface area (TPSA) is 90.3 Å². The minimum absolute atomic E-state index is 0.125. The number of amides is 3. The minimum Gasteiger partial charge on any atom is -0.336 e. The average molecular weight is 380 g/mol. The van der Waals surface area contributed by atoms with Crippen LogP contribution in [0.15, 0.2) is 12.1 Å². The molecule has 0 spiro atoms. The van der Waals surface area contributed by atoms with Gasteiger partial charge < -0.3 is 5.32 Å². The van der Waals surface area contributed by atoms with Crippen molar-refractivity contribution in [3.8, 4) is 6.07 Å². The highest BCUT2D eigenvalue weighted by molar-refractivity contribution is 6.43. The molecule has 1 heterocycles. The summed E-state index contributed by atoms with van der Waals surface area (Å²) in [4.78, 5) is 38.0. The third kappa shape index (κ3) is 3.22. The average Bonchev–Trinajstić information content (AvgIpc) is 2.81. The monoisotopic (exact) mass is 379 g/mol. The number of rotatable bonds is 3. The Morgan fingerprint density at radius 1 is 1.12 bits per heavy atom. The SMILES string of the molecule is N#CC1(NC(=O)CN2C(=O)c3cc(Cl)c(Cl)cc3C2=O)CCCCC1. The van der Waals surface area contributed by atoms with Crippen molar-refractivity contribution in [3.05, 3.63) is 33.3 Å². The molecule has 130 valence electrons. The molecule has 0 radical (unpaired) electrons. The van der Waals surface area contributed by atoms with E-state index in [9.17, 15) is 19.6 Å². The molecule has 6 nitrogen and oxygen atoms in total. The quantitative estimate of drug-likeness (QED) is 0.817. The number of hydrogen-bond acceptors (Lipinski definition) is 4. The van der Waals surface area contributed by atoms with Crippen molar-refractivity contribution >= 4 is 40.9 Å². The first-order valence-corrected chi connectivity index (χ1v) is 8.70. The van der Waals surface area contributed by atoms with Crippen LogP contribution in [0, 0.1) is 11.3 Å². The molecule has 1 aromatic rings. The van der Waals surface area contributed by atoms with Crippen molar-refractivity contribution < 1.29 is 14.4 Å². The Balaban J connectivity index is 1.75. The Hall–Kier alpha value is -2.10. The van der Waals surface area contributed by atoms with Crippen LogP contribution in [0.4, 0.5) is 0 Å². The molecule has 1 aliphatic carbocycles. The van der Waals surface area contributed by atoms with E-state index in [-0.39, 0.29) is 21.2 Å². The number of nitriles is 1. The standard InChI is InChI=1S/C17H15Cl2N3O3/c18-12-6-10-11(7-13(12)19)16(25)22(15(10)24)8-14(23)21-17(9-20)4-2-1-3-5-17/h6-7H,1-5,8H2,(H,21,23). The third-order valence-electron chi connectivity index (χ3n) is 4.61. The number of carbonyl (C=O) groups excluding carboxylic acids is 3. The molecule has 1 aliphatic heterocycles. The van der Waals surface area contributed by atoms with Gasteiger partial charge in [-0.15, -0.1) is 0 Å². The smallest absolute Gasteiger partial charge is 0.262 e. The maximum Gasteiger partial charge on any atom is 0.262 e. The van der Waals surface area contributed by atoms with Crippen LogP contribution < -0.4 is 5.32 Å². The Labute approximate surface area is 154 Å². The molecule has 25 heavy (non-hydrogen) atoms. The normalized spacial score (nSPS) is 18.7. The summed E-state index contributed by atoms with van der Waals surface area (Å²) in [5, 5.41) is 12.4. The van der Waals surface area contributed by atoms with Crippen LogP contribution in [-0.4, -0.2) is 34.7 Å². The Morgan fingerprint density at radius 3 is 2.12 bits per heavy atom. The highest BCUT2D eigenvalue weighted by Crippen LogP contribution is 2.32. The number of halogens is 2. The lowest BCUT2D eigenvalue weighted by Crippen LogP contribution is -2.52. The van der Waals surface area contributed by atoms with Gasteiger partial charge in [0.2, 0.25) is 5.91 Å². The first-order chi connectivity index (χ1) is 11.9. The Kier molecular flexibility index (Phi) is 4.72. The van der Waals surface area contributed by atoms with Gasteiger partial charge in [-0.1, -0.05) is 42.5 Å². The van der Waals surface area contributed by atoms with E-state index in [2.05, 4.69) is 11.4 Å². The highest BCUT2D eigenvalue weighted by atomic mass is 35.5. The van der Waals surface area contributed by atoms with Crippen LogP contribution in [0.2, 0.25) is 10.0 Å². The summed E-state index contributed by atoms with van der Waals surface area (Å²) in [7, 11) is 0. The molecule has 3 amide bonds. The van der Waals surface area contributed by atoms with Crippen LogP contribution >= 0.6 is 23.2 Å². The van der Waals surface area contributed by atoms with Crippen LogP contribution in [0.5, 0.6) is 0 Å². The third-order valence-corrected chi connectivity index (χ3v) is 5.34. The summed E-state index contributed by atoms with van der Waals surface area (Å²) < 4.78 is 0. The van der Waals surface area contributed by atoms with Crippen molar-refractivity contribution in [2.45, 2.75) is 37.6 Å². The molecule has 0 saturated heterocycles. The fraction of sp³-hybridized carbons (Fsp3) is 0.412. The number of carbonyl (C=O) groups is 3. The number of fused-ring (bicyclic) bond motifs is 1. The van der Waals surface area contributed by atoms with Gasteiger partial charge in [-0.3, -0.25) is 19.3 Å². The second-order valence-electron chi connectivity index (χ2n) is 6.31. The van der Waals surface area contributed by atoms with Crippen LogP contribution in [-0.2, 0) is 4.79 Å². The van der Waals surface area contributed by atoms with Crippen molar-refractivity contribution in [3.63, 3.8) is 0 Å². The van der Waals surface area contributed by atoms with Crippen LogP contribution in [0.25, 0.3) is 0 Å². The number of hydrogen-bond donors (Lipinski definition) is 1. The van der Waals surface area contributed by atoms with E-state index >= 15 is 0 Å². The molecule has 1 aromatic carbocycles. The molecule has 1 saturated carbocycles. The largest absolute Gasteiger partial charge is 0.336 e. The number of nitrogens with one attached hydrogen (secondary N) is 1. The lowest BCUT2D eigenvalue weighted by molar-refractivity contribution is -0.123. The molecule has 1 N–H and O–H groups in total. The van der Waals surface area contributed by atoms with E-state index in [4.69, 9.17) is 23.2 Å². The second-order valence-corrected chi connectivity index (χ2v) is 7.13. The molecule has 0 bridgehead atoms. The number of nitrogens with zero attached hydrogens (tertiary/aromatic N) is 2. The summed E-state index contributed by atoms with van der Waals surface area (Å²) in [5.74, 6) is -1.72. The molecule has 0 unspecified atom stereocenters. The second kappa shape index (κ2) is 6.66. The first kappa shape index (κ1) is 17.7. The van der Waals surface area contributed by atoms with Gasteiger partial charge in [-0.25, -0.2) is 0 Å². The van der Waals surface area contributed by atoms with Crippen LogP contribution in [0.1, 0.15) is 52.8 Å². The zero-order valence-electron chi connectivity index (χ0n) is 13.3. The summed E-state index contributed by atoms with van der Waals surface area (Å²) in [6.45, 7) is -0.439. The van der Waals surface area contributed by atoms with Crippen molar-refractivity contribution in [1.29, 1.82) is 5.26 Å². The maximum absolute atomic E-state index is 12.4. The van der Waals surface area contributed by atoms with Crippen molar-refractivity contribution in [1.82, 2.24) is 10.2 Å². The van der Waals surface area contributed by atoms with Gasteiger partial charge in [-0.05, 0) is 25.0 Å². The van der Waals surface area contributed by atoms with E-state index in [1.807, 2.05) is 0 Å². The Morgan fingerprint density at radius 2 is 1.64 bits per heavy atom. The van der Waals surface area contributed by atoms with Gasteiger partial charge in [0.25, 0.3) is 11.8 Å². The first-order valence-electron chi connectivity index (χ1n) is 7.94. The number of benzene rings is 1. The van der Waals surface area contributed by atoms with E-state index < -0.39 is 29.8 Å². The molecule has 0 atom stereocenters. The molecule has 1 fully saturated rings. The summed E-state index contributed by atoms with van der Waals surface area (Å²) in [5.41, 5.74) is -0.666. The molecule has 0 aromatic heterocycles. The van der Waals surface area contributed by atoms with Gasteiger partial charge in [0, 0.05) is 0 Å². The van der Waals surface area contributed by atoms with E-state index in [0.29, 0.717) is 12.8 Å². The molecular weight excluding hydrogens is 365 g/mol. The molecule has 3 rings (SSSR count). The number of imide groups is 1. The van der Waals surface area contributed by atoms with Gasteiger partial charge in [-0.2, -0.15) is 5.26 Å². The molecule has 2 aliphatic rings. The minimum atomic E-state index is -0.916. The fourth-order valence-electron chi connectivity index (χ4n) is 3.30. The maximum atomic E-state index is 12.4. The highest BCUT2D eigenvalue weighted by Gasteiger charge is 2.39. The Bertz CT molecular complexity index is 769. The lowest BCUT2D eigenvalue weighted by Gasteiger charge is -2.32. The molecular formula is C17H15Cl2N3O3. The predicted octanol–water partition coefficient (Wildman–Crippen LogP) is 2.93. The van der Waals surface area contributed by atoms with Gasteiger partial charge in [0.15, 0.2) is 0 Å². The van der Waals surface area contributed by atoms with Crippen LogP contribution in [0.3, 0.4) is 0 Å². The summed E-state index contributed by atoms with van der Waals surface area (Å²) in [6, 6.07) is 4.83. The van der Waals surface area contributed by atoms with Crippen molar-refractivity contribution in [2.24, 2.45) is 0 Å². The lowest BCUT2D eigenvalue weighted by atomic mass is 9.83. The predicted molar refractivity (Wildman–Crippen MR) is 91.4 cm³/mol. The summed E-state index contributed by atoms with van der Waals surface area (Å²) >= 11 is 11.8. The summed E-state index contributed by atoms with van der Waals surface area (Å²) in [6.07, 6.45) is 3.89.